The van der Waals surface area contributed by atoms with Crippen LogP contribution in [0.2, 0.25) is 0 Å². The molecule has 0 amide bonds. The van der Waals surface area contributed by atoms with Gasteiger partial charge in [0.05, 0.1) is 6.54 Å². The van der Waals surface area contributed by atoms with Gasteiger partial charge in [0.15, 0.2) is 0 Å². The minimum atomic E-state index is -0.745. The molecule has 0 spiro atoms. The van der Waals surface area contributed by atoms with Crippen molar-refractivity contribution in [2.24, 2.45) is 13.0 Å². The number of hydrogen-bond donors (Lipinski definition) is 1. The van der Waals surface area contributed by atoms with E-state index in [0.29, 0.717) is 0 Å². The van der Waals surface area contributed by atoms with Crippen LogP contribution in [-0.2, 0) is 18.3 Å². The Hall–Kier alpha value is -1.36. The van der Waals surface area contributed by atoms with Crippen LogP contribution in [0.4, 0.5) is 0 Å². The highest BCUT2D eigenvalue weighted by Crippen LogP contribution is 2.29. The Balaban J connectivity index is 1.83. The van der Waals surface area contributed by atoms with Gasteiger partial charge in [0.2, 0.25) is 0 Å². The lowest BCUT2D eigenvalue weighted by atomic mass is 10.3. The summed E-state index contributed by atoms with van der Waals surface area (Å²) >= 11 is 0. The lowest BCUT2D eigenvalue weighted by molar-refractivity contribution is -0.138. The van der Waals surface area contributed by atoms with E-state index >= 15 is 0 Å². The van der Waals surface area contributed by atoms with Crippen LogP contribution in [0, 0.1) is 5.92 Å². The van der Waals surface area contributed by atoms with E-state index < -0.39 is 5.97 Å². The molecule has 5 nitrogen and oxygen atoms in total. The lowest BCUT2D eigenvalue weighted by Gasteiger charge is -2.19. The quantitative estimate of drug-likeness (QED) is 0.760. The van der Waals surface area contributed by atoms with E-state index in [4.69, 9.17) is 5.11 Å². The zero-order valence-electron chi connectivity index (χ0n) is 10.2. The van der Waals surface area contributed by atoms with Crippen molar-refractivity contribution < 1.29 is 9.90 Å². The molecule has 5 heteroatoms. The summed E-state index contributed by atoms with van der Waals surface area (Å²) in [5, 5.41) is 8.87. The van der Waals surface area contributed by atoms with Crippen molar-refractivity contribution in [3.8, 4) is 0 Å². The van der Waals surface area contributed by atoms with E-state index in [1.54, 1.807) is 6.20 Å². The van der Waals surface area contributed by atoms with E-state index in [1.165, 1.54) is 12.8 Å². The van der Waals surface area contributed by atoms with Crippen molar-refractivity contribution in [1.29, 1.82) is 0 Å². The number of carbonyl (C=O) groups is 1. The molecule has 0 aliphatic heterocycles. The molecule has 1 aromatic heterocycles. The number of aryl methyl sites for hydroxylation is 1. The van der Waals surface area contributed by atoms with Gasteiger partial charge in [0.25, 0.3) is 0 Å². The largest absolute Gasteiger partial charge is 0.480 e. The van der Waals surface area contributed by atoms with Crippen LogP contribution in [0.15, 0.2) is 12.4 Å². The Morgan fingerprint density at radius 1 is 1.65 bits per heavy atom. The zero-order valence-corrected chi connectivity index (χ0v) is 10.2. The maximum Gasteiger partial charge on any atom is 0.317 e. The van der Waals surface area contributed by atoms with Gasteiger partial charge in [-0.25, -0.2) is 4.98 Å². The molecule has 1 aliphatic rings. The topological polar surface area (TPSA) is 58.4 Å². The smallest absolute Gasteiger partial charge is 0.317 e. The molecule has 0 bridgehead atoms. The number of hydrogen-bond acceptors (Lipinski definition) is 3. The zero-order chi connectivity index (χ0) is 12.3. The van der Waals surface area contributed by atoms with E-state index in [-0.39, 0.29) is 6.54 Å². The van der Waals surface area contributed by atoms with Crippen LogP contribution in [0.1, 0.15) is 18.7 Å². The van der Waals surface area contributed by atoms with E-state index in [9.17, 15) is 4.79 Å². The number of carboxylic acid groups (broad SMARTS) is 1. The van der Waals surface area contributed by atoms with Crippen molar-refractivity contribution in [3.63, 3.8) is 0 Å². The Morgan fingerprint density at radius 2 is 2.41 bits per heavy atom. The van der Waals surface area contributed by atoms with Crippen molar-refractivity contribution in [2.75, 3.05) is 19.6 Å². The Labute approximate surface area is 101 Å². The molecular formula is C12H19N3O2. The lowest BCUT2D eigenvalue weighted by Crippen LogP contribution is -2.33. The molecule has 1 aromatic rings. The number of rotatable bonds is 7. The highest BCUT2D eigenvalue weighted by atomic mass is 16.4. The molecule has 0 atom stereocenters. The van der Waals surface area contributed by atoms with Crippen LogP contribution in [0.5, 0.6) is 0 Å². The number of aromatic nitrogens is 2. The van der Waals surface area contributed by atoms with Crippen molar-refractivity contribution in [1.82, 2.24) is 14.5 Å². The average Bonchev–Trinajstić information content (AvgIpc) is 2.97. The van der Waals surface area contributed by atoms with Crippen molar-refractivity contribution in [2.45, 2.75) is 19.3 Å². The highest BCUT2D eigenvalue weighted by Gasteiger charge is 2.25. The molecule has 0 radical (unpaired) electrons. The molecule has 94 valence electrons. The second-order valence-electron chi connectivity index (χ2n) is 4.78. The maximum atomic E-state index is 10.8. The molecule has 0 aromatic carbocycles. The number of aliphatic carboxylic acids is 1. The number of carboxylic acids is 1. The second-order valence-corrected chi connectivity index (χ2v) is 4.78. The molecule has 2 rings (SSSR count). The van der Waals surface area contributed by atoms with Crippen LogP contribution in [0.25, 0.3) is 0 Å². The summed E-state index contributed by atoms with van der Waals surface area (Å²) in [6, 6.07) is 0. The van der Waals surface area contributed by atoms with Gasteiger partial charge in [-0.1, -0.05) is 0 Å². The van der Waals surface area contributed by atoms with Crippen molar-refractivity contribution >= 4 is 5.97 Å². The van der Waals surface area contributed by atoms with Gasteiger partial charge in [-0.3, -0.25) is 9.69 Å². The van der Waals surface area contributed by atoms with E-state index in [1.807, 2.05) is 22.7 Å². The summed E-state index contributed by atoms with van der Waals surface area (Å²) in [7, 11) is 1.96. The predicted molar refractivity (Wildman–Crippen MR) is 63.7 cm³/mol. The fraction of sp³-hybridized carbons (Fsp3) is 0.667. The molecule has 0 unspecified atom stereocenters. The van der Waals surface area contributed by atoms with Gasteiger partial charge in [0, 0.05) is 39.0 Å². The minimum Gasteiger partial charge on any atom is -0.480 e. The third-order valence-corrected chi connectivity index (χ3v) is 3.14. The molecule has 1 fully saturated rings. The number of nitrogens with zero attached hydrogens (tertiary/aromatic N) is 3. The van der Waals surface area contributed by atoms with Gasteiger partial charge < -0.3 is 9.67 Å². The minimum absolute atomic E-state index is 0.140. The van der Waals surface area contributed by atoms with Gasteiger partial charge in [-0.15, -0.1) is 0 Å². The Kier molecular flexibility index (Phi) is 3.78. The first-order valence-corrected chi connectivity index (χ1v) is 6.05. The van der Waals surface area contributed by atoms with Crippen LogP contribution < -0.4 is 0 Å². The summed E-state index contributed by atoms with van der Waals surface area (Å²) in [5.74, 6) is 0.984. The monoisotopic (exact) mass is 237 g/mol. The summed E-state index contributed by atoms with van der Waals surface area (Å²) in [6.45, 7) is 1.82. The maximum absolute atomic E-state index is 10.8. The first kappa shape index (κ1) is 12.1. The average molecular weight is 237 g/mol. The van der Waals surface area contributed by atoms with Crippen LogP contribution in [-0.4, -0.2) is 45.2 Å². The van der Waals surface area contributed by atoms with E-state index in [2.05, 4.69) is 4.98 Å². The molecule has 1 saturated carbocycles. The fourth-order valence-electron chi connectivity index (χ4n) is 1.99. The summed E-state index contributed by atoms with van der Waals surface area (Å²) in [6.07, 6.45) is 7.00. The fourth-order valence-corrected chi connectivity index (χ4v) is 1.99. The molecule has 1 heterocycles. The number of imidazole rings is 1. The first-order chi connectivity index (χ1) is 8.15. The summed E-state index contributed by atoms with van der Waals surface area (Å²) in [4.78, 5) is 17.1. The standard InChI is InChI=1S/C12H19N3O2/c1-14-7-5-13-11(14)4-6-15(9-12(16)17)8-10-2-3-10/h5,7,10H,2-4,6,8-9H2,1H3,(H,16,17). The highest BCUT2D eigenvalue weighted by molar-refractivity contribution is 5.69. The SMILES string of the molecule is Cn1ccnc1CCN(CC(=O)O)CC1CC1. The molecular weight excluding hydrogens is 218 g/mol. The summed E-state index contributed by atoms with van der Waals surface area (Å²) in [5.41, 5.74) is 0. The van der Waals surface area contributed by atoms with Crippen LogP contribution >= 0.6 is 0 Å². The van der Waals surface area contributed by atoms with Gasteiger partial charge in [0.1, 0.15) is 5.82 Å². The second kappa shape index (κ2) is 5.31. The summed E-state index contributed by atoms with van der Waals surface area (Å²) < 4.78 is 1.98. The Morgan fingerprint density at radius 3 is 2.94 bits per heavy atom. The van der Waals surface area contributed by atoms with Gasteiger partial charge >= 0.3 is 5.97 Å². The molecule has 17 heavy (non-hydrogen) atoms. The molecule has 1 N–H and O–H groups in total. The Bertz CT molecular complexity index is 385. The first-order valence-electron chi connectivity index (χ1n) is 6.05. The normalized spacial score (nSPS) is 15.4. The molecule has 0 saturated heterocycles. The van der Waals surface area contributed by atoms with E-state index in [0.717, 1.165) is 31.3 Å². The predicted octanol–water partition coefficient (Wildman–Crippen LogP) is 0.759. The third kappa shape index (κ3) is 3.85. The van der Waals surface area contributed by atoms with Gasteiger partial charge in [-0.05, 0) is 18.8 Å². The van der Waals surface area contributed by atoms with Gasteiger partial charge in [-0.2, -0.15) is 0 Å². The van der Waals surface area contributed by atoms with Crippen LogP contribution in [0.3, 0.4) is 0 Å². The van der Waals surface area contributed by atoms with Crippen molar-refractivity contribution in [3.05, 3.63) is 18.2 Å². The molecule has 1 aliphatic carbocycles. The third-order valence-electron chi connectivity index (χ3n) is 3.14.